The third kappa shape index (κ3) is 6.86. The zero-order valence-corrected chi connectivity index (χ0v) is 23.2. The molecule has 0 saturated carbocycles. The number of nitrogens with zero attached hydrogens (tertiary/aromatic N) is 3. The molecule has 1 unspecified atom stereocenters. The monoisotopic (exact) mass is 587 g/mol. The van der Waals surface area contributed by atoms with Gasteiger partial charge < -0.3 is 24.7 Å². The number of Topliss-reactive ketones (excluding diaryl/α,β-unsaturated/α-hetero) is 1. The van der Waals surface area contributed by atoms with Crippen LogP contribution in [-0.2, 0) is 25.1 Å². The largest absolute Gasteiger partial charge is 0.434 e. The van der Waals surface area contributed by atoms with Crippen LogP contribution in [0.3, 0.4) is 0 Å². The molecule has 0 bridgehead atoms. The van der Waals surface area contributed by atoms with Gasteiger partial charge in [0.1, 0.15) is 11.1 Å². The quantitative estimate of drug-likeness (QED) is 0.201. The summed E-state index contributed by atoms with van der Waals surface area (Å²) in [7, 11) is -4.47. The van der Waals surface area contributed by atoms with E-state index in [2.05, 4.69) is 15.6 Å². The van der Waals surface area contributed by atoms with Crippen LogP contribution < -0.4 is 10.6 Å². The minimum Gasteiger partial charge on any atom is -0.434 e. The Morgan fingerprint density at radius 1 is 1.10 bits per heavy atom. The van der Waals surface area contributed by atoms with Gasteiger partial charge in [-0.1, -0.05) is 30.3 Å². The van der Waals surface area contributed by atoms with E-state index < -0.39 is 61.3 Å². The molecule has 218 valence electrons. The lowest BCUT2D eigenvalue weighted by Gasteiger charge is -2.29. The van der Waals surface area contributed by atoms with Gasteiger partial charge in [0, 0.05) is 31.3 Å². The molecule has 15 heteroatoms. The summed E-state index contributed by atoms with van der Waals surface area (Å²) in [5, 5.41) is 14.5. The van der Waals surface area contributed by atoms with Crippen molar-refractivity contribution < 1.29 is 36.9 Å². The van der Waals surface area contributed by atoms with E-state index in [1.54, 1.807) is 24.3 Å². The predicted molar refractivity (Wildman–Crippen MR) is 146 cm³/mol. The van der Waals surface area contributed by atoms with Gasteiger partial charge in [0.05, 0.1) is 23.9 Å². The second-order valence-electron chi connectivity index (χ2n) is 9.90. The van der Waals surface area contributed by atoms with Gasteiger partial charge in [0.15, 0.2) is 20.7 Å². The van der Waals surface area contributed by atoms with Crippen molar-refractivity contribution >= 4 is 44.3 Å². The second kappa shape index (κ2) is 12.0. The molecule has 1 aliphatic heterocycles. The number of hydrogen-bond donors (Lipinski definition) is 2. The Hall–Kier alpha value is -4.37. The number of ketones is 1. The summed E-state index contributed by atoms with van der Waals surface area (Å²) in [4.78, 5) is 55.7. The maximum absolute atomic E-state index is 13.6. The Bertz CT molecular complexity index is 1550. The molecule has 2 heterocycles. The Morgan fingerprint density at radius 2 is 1.76 bits per heavy atom. The SMILES string of the molecule is CC(C)(NC(=O)C(CNC(=O)N1CCOCC1)S(=O)(=O)Cc1ccccc1[N+](=O)[O-])C(=O)c1nc2ccccc2o1. The number of urea groups is 1. The van der Waals surface area contributed by atoms with Crippen LogP contribution in [0.5, 0.6) is 0 Å². The second-order valence-corrected chi connectivity index (χ2v) is 12.1. The van der Waals surface area contributed by atoms with Gasteiger partial charge in [0.2, 0.25) is 11.7 Å². The van der Waals surface area contributed by atoms with E-state index in [-0.39, 0.29) is 24.5 Å². The van der Waals surface area contributed by atoms with Crippen molar-refractivity contribution in [2.24, 2.45) is 0 Å². The summed E-state index contributed by atoms with van der Waals surface area (Å²) in [6.45, 7) is 3.24. The number of oxazole rings is 1. The van der Waals surface area contributed by atoms with Crippen molar-refractivity contribution in [1.29, 1.82) is 0 Å². The molecular formula is C26H29N5O9S. The van der Waals surface area contributed by atoms with E-state index in [0.29, 0.717) is 24.3 Å². The molecule has 1 saturated heterocycles. The molecule has 3 aromatic rings. The van der Waals surface area contributed by atoms with E-state index in [0.717, 1.165) is 6.07 Å². The number of ether oxygens (including phenoxy) is 1. The molecule has 1 atom stereocenters. The standard InChI is InChI=1S/C26H29N5O9S/c1-26(2,22(32)24-28-18-8-4-6-10-20(18)40-24)29-23(33)21(15-27-25(34)30-11-13-39-14-12-30)41(37,38)16-17-7-3-5-9-19(17)31(35)36/h3-10,21H,11-16H2,1-2H3,(H,27,34)(H,29,33). The minimum atomic E-state index is -4.47. The molecule has 14 nitrogen and oxygen atoms in total. The molecule has 1 fully saturated rings. The van der Waals surface area contributed by atoms with Crippen LogP contribution in [0.25, 0.3) is 11.1 Å². The first-order valence-electron chi connectivity index (χ1n) is 12.7. The fourth-order valence-corrected chi connectivity index (χ4v) is 5.85. The number of aromatic nitrogens is 1. The van der Waals surface area contributed by atoms with Crippen LogP contribution in [0.2, 0.25) is 0 Å². The van der Waals surface area contributed by atoms with E-state index in [4.69, 9.17) is 9.15 Å². The molecule has 2 aromatic carbocycles. The van der Waals surface area contributed by atoms with Gasteiger partial charge in [-0.05, 0) is 26.0 Å². The van der Waals surface area contributed by atoms with E-state index in [1.807, 2.05) is 0 Å². The van der Waals surface area contributed by atoms with Crippen LogP contribution in [0.15, 0.2) is 52.9 Å². The van der Waals surface area contributed by atoms with Crippen molar-refractivity contribution in [2.45, 2.75) is 30.4 Å². The summed E-state index contributed by atoms with van der Waals surface area (Å²) < 4.78 is 37.9. The highest BCUT2D eigenvalue weighted by Crippen LogP contribution is 2.23. The number of amides is 3. The Balaban J connectivity index is 1.58. The number of carbonyl (C=O) groups excluding carboxylic acids is 3. The number of benzene rings is 2. The highest BCUT2D eigenvalue weighted by molar-refractivity contribution is 7.92. The first-order chi connectivity index (χ1) is 19.4. The topological polar surface area (TPSA) is 191 Å². The average molecular weight is 588 g/mol. The van der Waals surface area contributed by atoms with Gasteiger partial charge in [-0.25, -0.2) is 18.2 Å². The summed E-state index contributed by atoms with van der Waals surface area (Å²) in [5.41, 5.74) is -1.45. The highest BCUT2D eigenvalue weighted by atomic mass is 32.2. The van der Waals surface area contributed by atoms with E-state index in [9.17, 15) is 32.9 Å². The maximum Gasteiger partial charge on any atom is 0.317 e. The zero-order chi connectivity index (χ0) is 29.8. The van der Waals surface area contributed by atoms with Gasteiger partial charge >= 0.3 is 6.03 Å². The Labute approximate surface area is 235 Å². The molecule has 0 radical (unpaired) electrons. The summed E-state index contributed by atoms with van der Waals surface area (Å²) in [6, 6.07) is 11.3. The molecule has 1 aromatic heterocycles. The third-order valence-electron chi connectivity index (χ3n) is 6.50. The number of nitrogens with one attached hydrogen (secondary N) is 2. The predicted octanol–water partition coefficient (Wildman–Crippen LogP) is 1.84. The molecule has 41 heavy (non-hydrogen) atoms. The number of sulfone groups is 1. The van der Waals surface area contributed by atoms with Crippen molar-refractivity contribution in [3.8, 4) is 0 Å². The van der Waals surface area contributed by atoms with Crippen LogP contribution in [0.1, 0.15) is 30.1 Å². The molecule has 4 rings (SSSR count). The number of para-hydroxylation sites is 3. The number of rotatable bonds is 10. The Kier molecular flexibility index (Phi) is 8.68. The van der Waals surface area contributed by atoms with Gasteiger partial charge in [-0.3, -0.25) is 19.7 Å². The number of fused-ring (bicyclic) bond motifs is 1. The van der Waals surface area contributed by atoms with Crippen LogP contribution in [0, 0.1) is 10.1 Å². The Morgan fingerprint density at radius 3 is 2.44 bits per heavy atom. The van der Waals surface area contributed by atoms with Crippen LogP contribution in [-0.4, -0.2) is 84.6 Å². The van der Waals surface area contributed by atoms with Gasteiger partial charge in [0.25, 0.3) is 11.6 Å². The molecule has 1 aliphatic rings. The van der Waals surface area contributed by atoms with E-state index in [1.165, 1.54) is 36.9 Å². The molecule has 3 amide bonds. The number of nitro groups is 1. The number of morpholine rings is 1. The van der Waals surface area contributed by atoms with Gasteiger partial charge in [-0.15, -0.1) is 0 Å². The lowest BCUT2D eigenvalue weighted by molar-refractivity contribution is -0.385. The minimum absolute atomic E-state index is 0.128. The molecule has 0 aliphatic carbocycles. The third-order valence-corrected chi connectivity index (χ3v) is 8.46. The normalized spacial score (nSPS) is 14.8. The zero-order valence-electron chi connectivity index (χ0n) is 22.4. The van der Waals surface area contributed by atoms with E-state index >= 15 is 0 Å². The molecule has 2 N–H and O–H groups in total. The number of nitro benzene ring substituents is 1. The average Bonchev–Trinajstić information content (AvgIpc) is 3.37. The number of carbonyl (C=O) groups is 3. The first-order valence-corrected chi connectivity index (χ1v) is 14.4. The van der Waals surface area contributed by atoms with Crippen molar-refractivity contribution in [1.82, 2.24) is 20.5 Å². The molecular weight excluding hydrogens is 558 g/mol. The summed E-state index contributed by atoms with van der Waals surface area (Å²) in [6.07, 6.45) is 0. The lowest BCUT2D eigenvalue weighted by atomic mass is 9.98. The van der Waals surface area contributed by atoms with Crippen LogP contribution >= 0.6 is 0 Å². The fraction of sp³-hybridized carbons (Fsp3) is 0.385. The van der Waals surface area contributed by atoms with Crippen molar-refractivity contribution in [3.05, 3.63) is 70.1 Å². The highest BCUT2D eigenvalue weighted by Gasteiger charge is 2.41. The van der Waals surface area contributed by atoms with Crippen LogP contribution in [0.4, 0.5) is 10.5 Å². The fourth-order valence-electron chi connectivity index (χ4n) is 4.25. The molecule has 0 spiro atoms. The lowest BCUT2D eigenvalue weighted by Crippen LogP contribution is -2.57. The first kappa shape index (κ1) is 29.6. The number of hydrogen-bond acceptors (Lipinski definition) is 10. The maximum atomic E-state index is 13.6. The smallest absolute Gasteiger partial charge is 0.317 e. The van der Waals surface area contributed by atoms with Crippen molar-refractivity contribution in [2.75, 3.05) is 32.8 Å². The van der Waals surface area contributed by atoms with Crippen molar-refractivity contribution in [3.63, 3.8) is 0 Å². The summed E-state index contributed by atoms with van der Waals surface area (Å²) in [5.74, 6) is -2.93. The van der Waals surface area contributed by atoms with Gasteiger partial charge in [-0.2, -0.15) is 0 Å². The summed E-state index contributed by atoms with van der Waals surface area (Å²) >= 11 is 0.